The summed E-state index contributed by atoms with van der Waals surface area (Å²) in [4.78, 5) is 4.44. The summed E-state index contributed by atoms with van der Waals surface area (Å²) in [5.74, 6) is 1.96. The molecule has 0 aliphatic heterocycles. The number of guanidine groups is 1. The first-order chi connectivity index (χ1) is 10.7. The molecule has 122 valence electrons. The molecule has 0 spiro atoms. The smallest absolute Gasteiger partial charge is 0.189 e. The van der Waals surface area contributed by atoms with Crippen molar-refractivity contribution < 1.29 is 9.47 Å². The molecule has 22 heavy (non-hydrogen) atoms. The Morgan fingerprint density at radius 3 is 2.45 bits per heavy atom. The van der Waals surface area contributed by atoms with E-state index >= 15 is 0 Å². The molecule has 1 fully saturated rings. The predicted octanol–water partition coefficient (Wildman–Crippen LogP) is 2.83. The first-order valence-electron chi connectivity index (χ1n) is 8.00. The van der Waals surface area contributed by atoms with Crippen LogP contribution in [0.15, 0.2) is 23.2 Å². The number of methoxy groups -OCH3 is 2. The van der Waals surface area contributed by atoms with Crippen molar-refractivity contribution in [3.63, 3.8) is 0 Å². The minimum absolute atomic E-state index is 0.469. The molecule has 0 aromatic heterocycles. The number of nitrogens with one attached hydrogen (secondary N) is 1. The maximum Gasteiger partial charge on any atom is 0.189 e. The van der Waals surface area contributed by atoms with Crippen molar-refractivity contribution in [1.29, 1.82) is 0 Å². The second-order valence-corrected chi connectivity index (χ2v) is 5.72. The van der Waals surface area contributed by atoms with E-state index in [4.69, 9.17) is 15.2 Å². The lowest BCUT2D eigenvalue weighted by atomic mass is 10.1. The first-order valence-corrected chi connectivity index (χ1v) is 8.00. The van der Waals surface area contributed by atoms with Gasteiger partial charge in [0, 0.05) is 6.04 Å². The van der Waals surface area contributed by atoms with Crippen LogP contribution in [0.5, 0.6) is 11.5 Å². The number of nitrogens with zero attached hydrogens (tertiary/aromatic N) is 1. The molecular formula is C17H27N3O2. The Morgan fingerprint density at radius 1 is 1.14 bits per heavy atom. The van der Waals surface area contributed by atoms with Gasteiger partial charge in [-0.2, -0.15) is 0 Å². The van der Waals surface area contributed by atoms with Crippen molar-refractivity contribution in [2.24, 2.45) is 10.7 Å². The number of ether oxygens (including phenoxy) is 2. The fraction of sp³-hybridized carbons (Fsp3) is 0.588. The van der Waals surface area contributed by atoms with E-state index < -0.39 is 0 Å². The highest BCUT2D eigenvalue weighted by Gasteiger charge is 2.12. The van der Waals surface area contributed by atoms with Gasteiger partial charge in [0.25, 0.3) is 0 Å². The SMILES string of the molecule is COc1ccc(CN=C(N)NC2CCCCCC2)cc1OC. The Kier molecular flexibility index (Phi) is 6.37. The largest absolute Gasteiger partial charge is 0.493 e. The molecule has 1 saturated carbocycles. The maximum atomic E-state index is 6.01. The quantitative estimate of drug-likeness (QED) is 0.498. The zero-order chi connectivity index (χ0) is 15.8. The van der Waals surface area contributed by atoms with Crippen molar-refractivity contribution in [1.82, 2.24) is 5.32 Å². The molecule has 5 heteroatoms. The summed E-state index contributed by atoms with van der Waals surface area (Å²) in [5, 5.41) is 3.35. The molecule has 0 bridgehead atoms. The lowest BCUT2D eigenvalue weighted by Crippen LogP contribution is -2.39. The zero-order valence-corrected chi connectivity index (χ0v) is 13.6. The molecule has 2 rings (SSSR count). The van der Waals surface area contributed by atoms with E-state index in [1.54, 1.807) is 14.2 Å². The monoisotopic (exact) mass is 305 g/mol. The van der Waals surface area contributed by atoms with Crippen molar-refractivity contribution in [2.45, 2.75) is 51.1 Å². The number of benzene rings is 1. The summed E-state index contributed by atoms with van der Waals surface area (Å²) in [6.07, 6.45) is 7.60. The molecule has 0 heterocycles. The minimum atomic E-state index is 0.469. The summed E-state index contributed by atoms with van der Waals surface area (Å²) >= 11 is 0. The van der Waals surface area contributed by atoms with Gasteiger partial charge in [0.05, 0.1) is 20.8 Å². The zero-order valence-electron chi connectivity index (χ0n) is 13.6. The van der Waals surface area contributed by atoms with Crippen LogP contribution in [0.3, 0.4) is 0 Å². The normalized spacial score (nSPS) is 16.9. The van der Waals surface area contributed by atoms with Crippen molar-refractivity contribution in [3.05, 3.63) is 23.8 Å². The van der Waals surface area contributed by atoms with Crippen LogP contribution in [-0.4, -0.2) is 26.2 Å². The second-order valence-electron chi connectivity index (χ2n) is 5.72. The van der Waals surface area contributed by atoms with Gasteiger partial charge in [-0.15, -0.1) is 0 Å². The van der Waals surface area contributed by atoms with Crippen LogP contribution in [0.4, 0.5) is 0 Å². The summed E-state index contributed by atoms with van der Waals surface area (Å²) in [6, 6.07) is 6.26. The second kappa shape index (κ2) is 8.51. The topological polar surface area (TPSA) is 68.9 Å². The average molecular weight is 305 g/mol. The van der Waals surface area contributed by atoms with Crippen LogP contribution in [-0.2, 0) is 6.54 Å². The third kappa shape index (κ3) is 4.83. The van der Waals surface area contributed by atoms with Gasteiger partial charge in [-0.25, -0.2) is 4.99 Å². The van der Waals surface area contributed by atoms with Gasteiger partial charge in [-0.3, -0.25) is 0 Å². The van der Waals surface area contributed by atoms with Crippen LogP contribution < -0.4 is 20.5 Å². The molecule has 1 aromatic carbocycles. The van der Waals surface area contributed by atoms with Crippen molar-refractivity contribution >= 4 is 5.96 Å². The lowest BCUT2D eigenvalue weighted by Gasteiger charge is -2.16. The first kappa shape index (κ1) is 16.5. The molecule has 5 nitrogen and oxygen atoms in total. The highest BCUT2D eigenvalue weighted by molar-refractivity contribution is 5.78. The Bertz CT molecular complexity index is 495. The standard InChI is InChI=1S/C17H27N3O2/c1-21-15-10-9-13(11-16(15)22-2)12-19-17(18)20-14-7-5-3-4-6-8-14/h9-11,14H,3-8,12H2,1-2H3,(H3,18,19,20). The number of hydrogen-bond acceptors (Lipinski definition) is 3. The summed E-state index contributed by atoms with van der Waals surface area (Å²) < 4.78 is 10.5. The molecule has 1 aliphatic rings. The van der Waals surface area contributed by atoms with Crippen LogP contribution in [0, 0.1) is 0 Å². The number of rotatable bonds is 5. The average Bonchev–Trinajstić information content (AvgIpc) is 2.81. The van der Waals surface area contributed by atoms with Gasteiger partial charge in [-0.1, -0.05) is 31.7 Å². The van der Waals surface area contributed by atoms with E-state index in [1.165, 1.54) is 38.5 Å². The molecular weight excluding hydrogens is 278 g/mol. The van der Waals surface area contributed by atoms with Crippen LogP contribution in [0.25, 0.3) is 0 Å². The van der Waals surface area contributed by atoms with Crippen molar-refractivity contribution in [2.75, 3.05) is 14.2 Å². The van der Waals surface area contributed by atoms with Gasteiger partial charge in [0.2, 0.25) is 0 Å². The fourth-order valence-corrected chi connectivity index (χ4v) is 2.83. The van der Waals surface area contributed by atoms with Crippen LogP contribution in [0.1, 0.15) is 44.1 Å². The third-order valence-electron chi connectivity index (χ3n) is 4.09. The molecule has 0 radical (unpaired) electrons. The van der Waals surface area contributed by atoms with E-state index in [1.807, 2.05) is 18.2 Å². The molecule has 1 aromatic rings. The number of nitrogens with two attached hydrogens (primary N) is 1. The molecule has 0 unspecified atom stereocenters. The highest BCUT2D eigenvalue weighted by atomic mass is 16.5. The van der Waals surface area contributed by atoms with E-state index in [0.29, 0.717) is 24.3 Å². The summed E-state index contributed by atoms with van der Waals surface area (Å²) in [7, 11) is 3.26. The van der Waals surface area contributed by atoms with Crippen molar-refractivity contribution in [3.8, 4) is 11.5 Å². The van der Waals surface area contributed by atoms with E-state index in [9.17, 15) is 0 Å². The highest BCUT2D eigenvalue weighted by Crippen LogP contribution is 2.27. The maximum absolute atomic E-state index is 6.01. The Labute approximate surface area is 132 Å². The Balaban J connectivity index is 1.92. The Morgan fingerprint density at radius 2 is 1.82 bits per heavy atom. The van der Waals surface area contributed by atoms with Gasteiger partial charge < -0.3 is 20.5 Å². The number of aliphatic imine (C=N–C) groups is 1. The Hall–Kier alpha value is -1.91. The molecule has 0 saturated heterocycles. The number of hydrogen-bond donors (Lipinski definition) is 2. The summed E-state index contributed by atoms with van der Waals surface area (Å²) in [5.41, 5.74) is 7.06. The van der Waals surface area contributed by atoms with E-state index in [-0.39, 0.29) is 0 Å². The van der Waals surface area contributed by atoms with E-state index in [0.717, 1.165) is 11.3 Å². The molecule has 0 atom stereocenters. The molecule has 0 amide bonds. The van der Waals surface area contributed by atoms with Crippen LogP contribution >= 0.6 is 0 Å². The third-order valence-corrected chi connectivity index (χ3v) is 4.09. The van der Waals surface area contributed by atoms with E-state index in [2.05, 4.69) is 10.3 Å². The molecule has 1 aliphatic carbocycles. The fourth-order valence-electron chi connectivity index (χ4n) is 2.83. The van der Waals surface area contributed by atoms with Gasteiger partial charge in [-0.05, 0) is 30.5 Å². The summed E-state index contributed by atoms with van der Waals surface area (Å²) in [6.45, 7) is 0.534. The minimum Gasteiger partial charge on any atom is -0.493 e. The van der Waals surface area contributed by atoms with Gasteiger partial charge in [0.15, 0.2) is 17.5 Å². The van der Waals surface area contributed by atoms with Gasteiger partial charge >= 0.3 is 0 Å². The lowest BCUT2D eigenvalue weighted by molar-refractivity contribution is 0.354. The predicted molar refractivity (Wildman–Crippen MR) is 89.5 cm³/mol. The van der Waals surface area contributed by atoms with Gasteiger partial charge in [0.1, 0.15) is 0 Å². The van der Waals surface area contributed by atoms with Crippen LogP contribution in [0.2, 0.25) is 0 Å². The molecule has 3 N–H and O–H groups in total.